The van der Waals surface area contributed by atoms with Gasteiger partial charge in [0.1, 0.15) is 0 Å². The molecule has 3 rings (SSSR count). The molecule has 0 atom stereocenters. The largest absolute Gasteiger partial charge is 0.399 e. The number of nitrogens with zero attached hydrogens (tertiary/aromatic N) is 1. The molecule has 4 heteroatoms. The number of aromatic nitrogens is 1. The summed E-state index contributed by atoms with van der Waals surface area (Å²) in [4.78, 5) is 12.7. The molecule has 3 aromatic rings. The van der Waals surface area contributed by atoms with Crippen LogP contribution in [0.3, 0.4) is 0 Å². The van der Waals surface area contributed by atoms with E-state index in [-0.39, 0.29) is 5.78 Å². The molecule has 1 heterocycles. The molecule has 0 saturated heterocycles. The third kappa shape index (κ3) is 1.91. The summed E-state index contributed by atoms with van der Waals surface area (Å²) in [7, 11) is 1.92. The number of hydrogen-bond acceptors (Lipinski definition) is 3. The van der Waals surface area contributed by atoms with Crippen molar-refractivity contribution in [3.8, 4) is 0 Å². The van der Waals surface area contributed by atoms with Crippen molar-refractivity contribution in [2.75, 3.05) is 11.5 Å². The van der Waals surface area contributed by atoms with Crippen molar-refractivity contribution in [1.82, 2.24) is 4.57 Å². The van der Waals surface area contributed by atoms with Crippen LogP contribution in [0.4, 0.5) is 11.4 Å². The number of nitrogen functional groups attached to an aromatic ring is 2. The van der Waals surface area contributed by atoms with Crippen LogP contribution in [0, 0.1) is 0 Å². The Balaban J connectivity index is 2.18. The number of carbonyl (C=O) groups is 1. The Morgan fingerprint density at radius 2 is 1.70 bits per heavy atom. The number of rotatable bonds is 2. The van der Waals surface area contributed by atoms with Gasteiger partial charge in [0.05, 0.1) is 0 Å². The first-order chi connectivity index (χ1) is 9.56. The zero-order chi connectivity index (χ0) is 14.3. The first-order valence-electron chi connectivity index (χ1n) is 6.31. The summed E-state index contributed by atoms with van der Waals surface area (Å²) in [5, 5.41) is 0.931. The van der Waals surface area contributed by atoms with Gasteiger partial charge >= 0.3 is 0 Å². The number of hydrogen-bond donors (Lipinski definition) is 2. The zero-order valence-corrected chi connectivity index (χ0v) is 11.1. The van der Waals surface area contributed by atoms with E-state index in [4.69, 9.17) is 11.5 Å². The van der Waals surface area contributed by atoms with Crippen LogP contribution in [0.25, 0.3) is 10.9 Å². The van der Waals surface area contributed by atoms with Crippen molar-refractivity contribution in [3.05, 3.63) is 59.8 Å². The molecule has 1 aromatic heterocycles. The number of ketones is 1. The van der Waals surface area contributed by atoms with Crippen molar-refractivity contribution in [3.63, 3.8) is 0 Å². The Morgan fingerprint density at radius 1 is 1.05 bits per heavy atom. The molecule has 0 aliphatic heterocycles. The van der Waals surface area contributed by atoms with Crippen LogP contribution in [0.15, 0.2) is 48.7 Å². The lowest BCUT2D eigenvalue weighted by atomic mass is 10.0. The summed E-state index contributed by atoms with van der Waals surface area (Å²) in [6, 6.07) is 12.8. The molecule has 0 saturated carbocycles. The molecular weight excluding hydrogens is 250 g/mol. The molecule has 0 fully saturated rings. The molecule has 0 radical (unpaired) electrons. The number of fused-ring (bicyclic) bond motifs is 1. The minimum absolute atomic E-state index is 0.0687. The van der Waals surface area contributed by atoms with Gasteiger partial charge < -0.3 is 16.0 Å². The highest BCUT2D eigenvalue weighted by Crippen LogP contribution is 2.24. The number of aryl methyl sites for hydroxylation is 1. The molecule has 0 amide bonds. The molecule has 0 bridgehead atoms. The van der Waals surface area contributed by atoms with Crippen LogP contribution < -0.4 is 11.5 Å². The fraction of sp³-hybridized carbons (Fsp3) is 0.0625. The smallest absolute Gasteiger partial charge is 0.195 e. The molecule has 0 aliphatic rings. The van der Waals surface area contributed by atoms with E-state index in [1.807, 2.05) is 42.1 Å². The predicted molar refractivity (Wildman–Crippen MR) is 81.6 cm³/mol. The van der Waals surface area contributed by atoms with Gasteiger partial charge in [-0.1, -0.05) is 18.2 Å². The fourth-order valence-corrected chi connectivity index (χ4v) is 2.49. The van der Waals surface area contributed by atoms with Gasteiger partial charge in [0.2, 0.25) is 0 Å². The number of carbonyl (C=O) groups excluding carboxylic acids is 1. The molecule has 4 N–H and O–H groups in total. The monoisotopic (exact) mass is 265 g/mol. The van der Waals surface area contributed by atoms with Gasteiger partial charge in [0.25, 0.3) is 0 Å². The maximum Gasteiger partial charge on any atom is 0.195 e. The number of anilines is 2. The number of benzene rings is 2. The average Bonchev–Trinajstić information content (AvgIpc) is 2.75. The second-order valence-electron chi connectivity index (χ2n) is 4.89. The first-order valence-corrected chi connectivity index (χ1v) is 6.31. The topological polar surface area (TPSA) is 74.0 Å². The van der Waals surface area contributed by atoms with Gasteiger partial charge in [-0.05, 0) is 24.3 Å². The van der Waals surface area contributed by atoms with Crippen molar-refractivity contribution in [2.45, 2.75) is 0 Å². The summed E-state index contributed by atoms with van der Waals surface area (Å²) in [6.07, 6.45) is 1.84. The summed E-state index contributed by atoms with van der Waals surface area (Å²) < 4.78 is 1.94. The van der Waals surface area contributed by atoms with E-state index in [9.17, 15) is 4.79 Å². The van der Waals surface area contributed by atoms with Crippen LogP contribution in [0.1, 0.15) is 15.9 Å². The second-order valence-corrected chi connectivity index (χ2v) is 4.89. The zero-order valence-electron chi connectivity index (χ0n) is 11.1. The highest BCUT2D eigenvalue weighted by atomic mass is 16.1. The Labute approximate surface area is 116 Å². The SMILES string of the molecule is Cn1cc(C(=O)c2cc(N)cc(N)c2)c2ccccc21. The van der Waals surface area contributed by atoms with E-state index >= 15 is 0 Å². The van der Waals surface area contributed by atoms with Gasteiger partial charge in [0.15, 0.2) is 5.78 Å². The third-order valence-corrected chi connectivity index (χ3v) is 3.38. The number of para-hydroxylation sites is 1. The third-order valence-electron chi connectivity index (χ3n) is 3.38. The van der Waals surface area contributed by atoms with E-state index in [2.05, 4.69) is 0 Å². The second kappa shape index (κ2) is 4.42. The first kappa shape index (κ1) is 12.3. The highest BCUT2D eigenvalue weighted by Gasteiger charge is 2.16. The fourth-order valence-electron chi connectivity index (χ4n) is 2.49. The van der Waals surface area contributed by atoms with Gasteiger partial charge in [0, 0.05) is 46.6 Å². The molecule has 4 nitrogen and oxygen atoms in total. The molecule has 2 aromatic carbocycles. The predicted octanol–water partition coefficient (Wildman–Crippen LogP) is 2.57. The average molecular weight is 265 g/mol. The van der Waals surface area contributed by atoms with Gasteiger partial charge in [-0.25, -0.2) is 0 Å². The summed E-state index contributed by atoms with van der Waals surface area (Å²) in [6.45, 7) is 0. The van der Waals surface area contributed by atoms with Crippen molar-refractivity contribution in [2.24, 2.45) is 7.05 Å². The summed E-state index contributed by atoms with van der Waals surface area (Å²) in [5.74, 6) is -0.0687. The lowest BCUT2D eigenvalue weighted by molar-refractivity contribution is 0.104. The van der Waals surface area contributed by atoms with Crippen LogP contribution in [0.2, 0.25) is 0 Å². The van der Waals surface area contributed by atoms with Gasteiger partial charge in [-0.3, -0.25) is 4.79 Å². The number of nitrogens with two attached hydrogens (primary N) is 2. The van der Waals surface area contributed by atoms with Crippen LogP contribution in [-0.2, 0) is 7.05 Å². The summed E-state index contributed by atoms with van der Waals surface area (Å²) >= 11 is 0. The molecular formula is C16H15N3O. The Bertz CT molecular complexity index is 797. The van der Waals surface area contributed by atoms with Crippen molar-refractivity contribution >= 4 is 28.1 Å². The van der Waals surface area contributed by atoms with E-state index in [1.165, 1.54) is 0 Å². The van der Waals surface area contributed by atoms with E-state index in [1.54, 1.807) is 18.2 Å². The van der Waals surface area contributed by atoms with E-state index in [0.717, 1.165) is 10.9 Å². The van der Waals surface area contributed by atoms with Crippen LogP contribution >= 0.6 is 0 Å². The van der Waals surface area contributed by atoms with Gasteiger partial charge in [-0.2, -0.15) is 0 Å². The normalized spacial score (nSPS) is 10.8. The quantitative estimate of drug-likeness (QED) is 0.552. The molecule has 0 spiro atoms. The van der Waals surface area contributed by atoms with Crippen LogP contribution in [0.5, 0.6) is 0 Å². The van der Waals surface area contributed by atoms with E-state index < -0.39 is 0 Å². The Kier molecular flexibility index (Phi) is 2.71. The van der Waals surface area contributed by atoms with Crippen LogP contribution in [-0.4, -0.2) is 10.4 Å². The Hall–Kier alpha value is -2.75. The van der Waals surface area contributed by atoms with Crippen molar-refractivity contribution in [1.29, 1.82) is 0 Å². The maximum atomic E-state index is 12.7. The lowest BCUT2D eigenvalue weighted by Gasteiger charge is -2.03. The van der Waals surface area contributed by atoms with Crippen molar-refractivity contribution < 1.29 is 4.79 Å². The minimum atomic E-state index is -0.0687. The highest BCUT2D eigenvalue weighted by molar-refractivity contribution is 6.17. The van der Waals surface area contributed by atoms with Gasteiger partial charge in [-0.15, -0.1) is 0 Å². The molecule has 0 unspecified atom stereocenters. The Morgan fingerprint density at radius 3 is 2.40 bits per heavy atom. The molecule has 100 valence electrons. The minimum Gasteiger partial charge on any atom is -0.399 e. The standard InChI is InChI=1S/C16H15N3O/c1-19-9-14(13-4-2-3-5-15(13)19)16(20)10-6-11(17)8-12(18)7-10/h2-9H,17-18H2,1H3. The molecule has 20 heavy (non-hydrogen) atoms. The lowest BCUT2D eigenvalue weighted by Crippen LogP contribution is -2.03. The molecule has 0 aliphatic carbocycles. The summed E-state index contributed by atoms with van der Waals surface area (Å²) in [5.41, 5.74) is 14.7. The van der Waals surface area contributed by atoms with E-state index in [0.29, 0.717) is 22.5 Å². The maximum absolute atomic E-state index is 12.7.